The molecule has 0 N–H and O–H groups in total. The molecule has 0 atom stereocenters. The highest BCUT2D eigenvalue weighted by molar-refractivity contribution is 7.94. The quantitative estimate of drug-likeness (QED) is 0.792. The van der Waals surface area contributed by atoms with Gasteiger partial charge < -0.3 is 4.72 Å². The average molecular weight is 226 g/mol. The Morgan fingerprint density at radius 1 is 1.27 bits per heavy atom. The summed E-state index contributed by atoms with van der Waals surface area (Å²) in [5.41, 5.74) is 1.76. The van der Waals surface area contributed by atoms with Crippen molar-refractivity contribution in [2.45, 2.75) is 32.1 Å². The minimum atomic E-state index is -3.45. The molecule has 1 aromatic carbocycles. The molecule has 84 valence electrons. The molecule has 0 heterocycles. The Morgan fingerprint density at radius 3 is 2.53 bits per heavy atom. The molecule has 0 spiro atoms. The van der Waals surface area contributed by atoms with Crippen LogP contribution in [-0.4, -0.2) is 15.0 Å². The van der Waals surface area contributed by atoms with Crippen molar-refractivity contribution in [1.29, 1.82) is 0 Å². The fraction of sp³-hybridized carbons (Fsp3) is 0.455. The first-order valence-electron chi connectivity index (χ1n) is 4.99. The molecule has 1 rings (SSSR count). The molecule has 3 nitrogen and oxygen atoms in total. The first-order valence-corrected chi connectivity index (χ1v) is 6.43. The summed E-state index contributed by atoms with van der Waals surface area (Å²) in [6.45, 7) is 5.97. The Balaban J connectivity index is 3.10. The molecular weight excluding hydrogens is 210 g/mol. The third-order valence-electron chi connectivity index (χ3n) is 2.32. The molecule has 0 aliphatic carbocycles. The van der Waals surface area contributed by atoms with Crippen LogP contribution in [0, 0.1) is 13.8 Å². The van der Waals surface area contributed by atoms with Crippen LogP contribution < -0.4 is 0 Å². The van der Waals surface area contributed by atoms with Crippen LogP contribution >= 0.6 is 0 Å². The predicted octanol–water partition coefficient (Wildman–Crippen LogP) is 2.78. The number of benzene rings is 1. The first kappa shape index (κ1) is 12.2. The summed E-state index contributed by atoms with van der Waals surface area (Å²) in [5, 5.41) is 0. The van der Waals surface area contributed by atoms with Crippen LogP contribution in [0.5, 0.6) is 0 Å². The molecule has 0 aromatic heterocycles. The van der Waals surface area contributed by atoms with Gasteiger partial charge in [-0.25, -0.2) is 8.42 Å². The standard InChI is InChI=1S/C11H16NO2S/c1-4-8-12-15(13,14)11-7-5-6-9(2)10(11)3/h5-7H,4,8H2,1-3H3/q-1. The van der Waals surface area contributed by atoms with Crippen molar-refractivity contribution in [3.63, 3.8) is 0 Å². The van der Waals surface area contributed by atoms with Crippen LogP contribution in [0.15, 0.2) is 23.1 Å². The molecule has 0 aliphatic rings. The lowest BCUT2D eigenvalue weighted by atomic mass is 10.1. The fourth-order valence-electron chi connectivity index (χ4n) is 1.28. The second-order valence-corrected chi connectivity index (χ2v) is 5.17. The molecular formula is C11H16NO2S-. The molecule has 4 heteroatoms. The van der Waals surface area contributed by atoms with Crippen molar-refractivity contribution in [2.24, 2.45) is 0 Å². The number of hydrogen-bond acceptors (Lipinski definition) is 2. The van der Waals surface area contributed by atoms with Gasteiger partial charge in [0.05, 0.1) is 4.90 Å². The summed E-state index contributed by atoms with van der Waals surface area (Å²) >= 11 is 0. The molecule has 0 radical (unpaired) electrons. The highest BCUT2D eigenvalue weighted by Gasteiger charge is 2.08. The van der Waals surface area contributed by atoms with Gasteiger partial charge in [-0.1, -0.05) is 25.5 Å². The number of nitrogens with zero attached hydrogens (tertiary/aromatic N) is 1. The van der Waals surface area contributed by atoms with Gasteiger partial charge in [0, 0.05) is 0 Å². The van der Waals surface area contributed by atoms with E-state index in [1.807, 2.05) is 26.8 Å². The summed E-state index contributed by atoms with van der Waals surface area (Å²) in [5.74, 6) is 0. The van der Waals surface area contributed by atoms with Gasteiger partial charge in [0.25, 0.3) is 0 Å². The summed E-state index contributed by atoms with van der Waals surface area (Å²) in [7, 11) is -3.45. The van der Waals surface area contributed by atoms with Gasteiger partial charge in [0.1, 0.15) is 10.0 Å². The minimum Gasteiger partial charge on any atom is -0.545 e. The van der Waals surface area contributed by atoms with Gasteiger partial charge >= 0.3 is 0 Å². The summed E-state index contributed by atoms with van der Waals surface area (Å²) in [6, 6.07) is 5.25. The minimum absolute atomic E-state index is 0.330. The van der Waals surface area contributed by atoms with E-state index in [0.29, 0.717) is 11.4 Å². The fourth-order valence-corrected chi connectivity index (χ4v) is 2.65. The smallest absolute Gasteiger partial charge is 0.101 e. The highest BCUT2D eigenvalue weighted by Crippen LogP contribution is 2.22. The molecule has 15 heavy (non-hydrogen) atoms. The number of hydrogen-bond donors (Lipinski definition) is 0. The van der Waals surface area contributed by atoms with Gasteiger partial charge in [-0.05, 0) is 31.0 Å². The zero-order valence-corrected chi connectivity index (χ0v) is 10.1. The Hall–Kier alpha value is -0.870. The number of aryl methyl sites for hydroxylation is 1. The molecule has 0 amide bonds. The number of rotatable bonds is 4. The van der Waals surface area contributed by atoms with E-state index in [9.17, 15) is 8.42 Å². The summed E-state index contributed by atoms with van der Waals surface area (Å²) < 4.78 is 27.3. The Kier molecular flexibility index (Phi) is 3.88. The van der Waals surface area contributed by atoms with Crippen molar-refractivity contribution < 1.29 is 8.42 Å². The molecule has 0 saturated heterocycles. The highest BCUT2D eigenvalue weighted by atomic mass is 32.2. The Morgan fingerprint density at radius 2 is 1.93 bits per heavy atom. The maximum Gasteiger partial charge on any atom is 0.101 e. The maximum atomic E-state index is 11.8. The van der Waals surface area contributed by atoms with E-state index in [2.05, 4.69) is 4.72 Å². The van der Waals surface area contributed by atoms with Crippen LogP contribution in [0.2, 0.25) is 0 Å². The molecule has 0 saturated carbocycles. The van der Waals surface area contributed by atoms with Gasteiger partial charge in [-0.3, -0.25) is 0 Å². The number of sulfonamides is 1. The molecule has 0 unspecified atom stereocenters. The zero-order valence-electron chi connectivity index (χ0n) is 9.32. The van der Waals surface area contributed by atoms with E-state index in [-0.39, 0.29) is 0 Å². The largest absolute Gasteiger partial charge is 0.545 e. The third kappa shape index (κ3) is 2.79. The van der Waals surface area contributed by atoms with Crippen LogP contribution in [-0.2, 0) is 10.0 Å². The lowest BCUT2D eigenvalue weighted by molar-refractivity contribution is 0.600. The van der Waals surface area contributed by atoms with Crippen molar-refractivity contribution in [2.75, 3.05) is 6.54 Å². The van der Waals surface area contributed by atoms with Crippen LogP contribution in [0.3, 0.4) is 0 Å². The topological polar surface area (TPSA) is 48.2 Å². The van der Waals surface area contributed by atoms with Gasteiger partial charge in [-0.2, -0.15) is 0 Å². The van der Waals surface area contributed by atoms with E-state index in [1.165, 1.54) is 0 Å². The molecule has 1 aromatic rings. The first-order chi connectivity index (χ1) is 6.99. The van der Waals surface area contributed by atoms with Crippen LogP contribution in [0.4, 0.5) is 0 Å². The monoisotopic (exact) mass is 226 g/mol. The second-order valence-electron chi connectivity index (χ2n) is 3.53. The Bertz CT molecular complexity index is 438. The van der Waals surface area contributed by atoms with Gasteiger partial charge in [0.2, 0.25) is 0 Å². The van der Waals surface area contributed by atoms with E-state index in [1.54, 1.807) is 12.1 Å². The van der Waals surface area contributed by atoms with Gasteiger partial charge in [0.15, 0.2) is 0 Å². The maximum absolute atomic E-state index is 11.8. The lowest BCUT2D eigenvalue weighted by Crippen LogP contribution is -2.04. The summed E-state index contributed by atoms with van der Waals surface area (Å²) in [6.07, 6.45) is 0.740. The third-order valence-corrected chi connectivity index (χ3v) is 3.84. The molecule has 0 bridgehead atoms. The molecule has 0 aliphatic heterocycles. The molecule has 0 fully saturated rings. The second kappa shape index (κ2) is 4.77. The van der Waals surface area contributed by atoms with Gasteiger partial charge in [-0.15, -0.1) is 6.54 Å². The van der Waals surface area contributed by atoms with Crippen molar-refractivity contribution in [1.82, 2.24) is 0 Å². The summed E-state index contributed by atoms with van der Waals surface area (Å²) in [4.78, 5) is 0.330. The van der Waals surface area contributed by atoms with Crippen molar-refractivity contribution in [3.05, 3.63) is 34.0 Å². The van der Waals surface area contributed by atoms with Crippen LogP contribution in [0.1, 0.15) is 24.5 Å². The zero-order chi connectivity index (χ0) is 11.5. The van der Waals surface area contributed by atoms with Crippen molar-refractivity contribution >= 4 is 10.0 Å². The van der Waals surface area contributed by atoms with E-state index in [0.717, 1.165) is 17.5 Å². The van der Waals surface area contributed by atoms with E-state index < -0.39 is 10.0 Å². The predicted molar refractivity (Wildman–Crippen MR) is 61.6 cm³/mol. The Labute approximate surface area is 91.6 Å². The van der Waals surface area contributed by atoms with E-state index in [4.69, 9.17) is 0 Å². The van der Waals surface area contributed by atoms with Crippen LogP contribution in [0.25, 0.3) is 4.72 Å². The normalized spacial score (nSPS) is 11.7. The van der Waals surface area contributed by atoms with Crippen molar-refractivity contribution in [3.8, 4) is 0 Å². The van der Waals surface area contributed by atoms with E-state index >= 15 is 0 Å². The average Bonchev–Trinajstić information content (AvgIpc) is 2.19. The lowest BCUT2D eigenvalue weighted by Gasteiger charge is -2.21. The SMILES string of the molecule is CCC[N-]S(=O)(=O)c1cccc(C)c1C.